The summed E-state index contributed by atoms with van der Waals surface area (Å²) in [4.78, 5) is 17.6. The van der Waals surface area contributed by atoms with Gasteiger partial charge in [-0.3, -0.25) is 0 Å². The van der Waals surface area contributed by atoms with Gasteiger partial charge in [0, 0.05) is 41.2 Å². The van der Waals surface area contributed by atoms with Gasteiger partial charge in [0.15, 0.2) is 11.6 Å². The van der Waals surface area contributed by atoms with E-state index in [2.05, 4.69) is 14.9 Å². The van der Waals surface area contributed by atoms with Crippen LogP contribution in [-0.2, 0) is 0 Å². The summed E-state index contributed by atoms with van der Waals surface area (Å²) in [5.41, 5.74) is 12.8. The summed E-state index contributed by atoms with van der Waals surface area (Å²) in [6, 6.07) is 7.59. The number of hydrogen-bond donors (Lipinski definition) is 2. The standard InChI is InChI=1S/C35H32ClF3N8O2S/c1-17(19-5-4-9-43-31(19)41)47-11-12-48-29-25-28(44-34(45-33(25)47)49-16-35(2)15-46(3)10-8-18(35)13-37)27(39)24(26(29)36)20-6-7-22(38)30-23(20)21(14-40)32(42)50-30/h4-7,9,13,17H,8,10-12,15-16,42H2,1-3H3,(H2,41,43)/b18-13+/t17-,35+/m1/s1. The fourth-order valence-corrected chi connectivity index (χ4v) is 8.29. The molecule has 1 saturated heterocycles. The Balaban J connectivity index is 1.47. The first kappa shape index (κ1) is 33.6. The molecule has 3 aromatic heterocycles. The molecule has 0 amide bonds. The van der Waals surface area contributed by atoms with Gasteiger partial charge in [-0.15, -0.1) is 11.3 Å². The van der Waals surface area contributed by atoms with E-state index in [1.54, 1.807) is 12.3 Å². The summed E-state index contributed by atoms with van der Waals surface area (Å²) in [5.74, 6) is -0.784. The molecule has 258 valence electrons. The Morgan fingerprint density at radius 3 is 2.76 bits per heavy atom. The van der Waals surface area contributed by atoms with E-state index >= 15 is 8.78 Å². The smallest absolute Gasteiger partial charge is 0.319 e. The van der Waals surface area contributed by atoms with Crippen LogP contribution in [0.5, 0.6) is 11.8 Å². The number of fused-ring (bicyclic) bond motifs is 1. The van der Waals surface area contributed by atoms with Gasteiger partial charge in [0.2, 0.25) is 0 Å². The number of piperidine rings is 1. The highest BCUT2D eigenvalue weighted by Gasteiger charge is 2.37. The Bertz CT molecular complexity index is 2260. The van der Waals surface area contributed by atoms with Crippen LogP contribution in [0.3, 0.4) is 0 Å². The van der Waals surface area contributed by atoms with E-state index in [4.69, 9.17) is 37.5 Å². The number of nitrogens with two attached hydrogens (primary N) is 2. The Morgan fingerprint density at radius 1 is 1.22 bits per heavy atom. The monoisotopic (exact) mass is 720 g/mol. The number of thiophene rings is 1. The van der Waals surface area contributed by atoms with Crippen molar-refractivity contribution in [1.82, 2.24) is 19.9 Å². The van der Waals surface area contributed by atoms with Crippen LogP contribution in [-0.4, -0.2) is 59.7 Å². The molecule has 2 aliphatic heterocycles. The lowest BCUT2D eigenvalue weighted by Gasteiger charge is -2.40. The van der Waals surface area contributed by atoms with E-state index in [0.29, 0.717) is 42.8 Å². The first-order valence-corrected chi connectivity index (χ1v) is 17.0. The number of pyridine rings is 1. The number of likely N-dealkylation sites (tertiary alicyclic amines) is 1. The van der Waals surface area contributed by atoms with Gasteiger partial charge in [0.05, 0.1) is 39.6 Å². The first-order chi connectivity index (χ1) is 24.0. The summed E-state index contributed by atoms with van der Waals surface area (Å²) in [6.07, 6.45) is 2.74. The van der Waals surface area contributed by atoms with Crippen molar-refractivity contribution in [2.24, 2.45) is 5.41 Å². The maximum atomic E-state index is 17.3. The molecule has 0 spiro atoms. The molecule has 5 aromatic rings. The average Bonchev–Trinajstić information content (AvgIpc) is 3.32. The molecule has 5 heterocycles. The topological polar surface area (TPSA) is 139 Å². The number of hydrogen-bond acceptors (Lipinski definition) is 11. The third-order valence-corrected chi connectivity index (χ3v) is 11.0. The van der Waals surface area contributed by atoms with Gasteiger partial charge in [-0.1, -0.05) is 30.7 Å². The van der Waals surface area contributed by atoms with Crippen molar-refractivity contribution >= 4 is 60.6 Å². The zero-order chi connectivity index (χ0) is 35.5. The van der Waals surface area contributed by atoms with E-state index in [1.165, 1.54) is 12.1 Å². The lowest BCUT2D eigenvalue weighted by molar-refractivity contribution is 0.109. The number of anilines is 3. The molecule has 0 saturated carbocycles. The molecule has 0 bridgehead atoms. The predicted molar refractivity (Wildman–Crippen MR) is 189 cm³/mol. The molecule has 2 aromatic carbocycles. The molecule has 0 unspecified atom stereocenters. The summed E-state index contributed by atoms with van der Waals surface area (Å²) in [5, 5.41) is 10.2. The summed E-state index contributed by atoms with van der Waals surface area (Å²) in [6.45, 7) is 5.42. The van der Waals surface area contributed by atoms with Crippen LogP contribution in [0.4, 0.5) is 29.8 Å². The molecule has 2 aliphatic rings. The van der Waals surface area contributed by atoms with E-state index in [1.807, 2.05) is 37.9 Å². The van der Waals surface area contributed by atoms with Crippen molar-refractivity contribution in [3.05, 3.63) is 70.1 Å². The van der Waals surface area contributed by atoms with Crippen molar-refractivity contribution in [1.29, 1.82) is 5.26 Å². The third-order valence-electron chi connectivity index (χ3n) is 9.59. The molecule has 7 rings (SSSR count). The maximum absolute atomic E-state index is 17.3. The third kappa shape index (κ3) is 5.40. The lowest BCUT2D eigenvalue weighted by atomic mass is 9.78. The SMILES string of the molecule is C[C@H](c1cccnc1N)N1CCOc2c(Cl)c(-c3ccc(F)c4sc(N)c(C#N)c34)c(F)c3nc(OC[C@]4(C)CN(C)CC/C4=C\F)nc1c23. The minimum Gasteiger partial charge on any atom is -0.489 e. The number of ether oxygens (including phenoxy) is 2. The molecule has 15 heteroatoms. The molecular weight excluding hydrogens is 689 g/mol. The minimum absolute atomic E-state index is 0.00530. The van der Waals surface area contributed by atoms with Crippen molar-refractivity contribution in [2.75, 3.05) is 56.3 Å². The molecule has 4 N–H and O–H groups in total. The second-order valence-corrected chi connectivity index (χ2v) is 14.2. The molecule has 10 nitrogen and oxygen atoms in total. The quantitative estimate of drug-likeness (QED) is 0.182. The van der Waals surface area contributed by atoms with Crippen molar-refractivity contribution in [3.63, 3.8) is 0 Å². The van der Waals surface area contributed by atoms with Gasteiger partial charge in [0.1, 0.15) is 47.3 Å². The van der Waals surface area contributed by atoms with Crippen molar-refractivity contribution in [2.45, 2.75) is 26.3 Å². The Kier molecular flexibility index (Phi) is 8.62. The Morgan fingerprint density at radius 2 is 2.02 bits per heavy atom. The second kappa shape index (κ2) is 12.8. The maximum Gasteiger partial charge on any atom is 0.319 e. The Hall–Kier alpha value is -4.84. The predicted octanol–water partition coefficient (Wildman–Crippen LogP) is 7.41. The van der Waals surface area contributed by atoms with Gasteiger partial charge < -0.3 is 30.7 Å². The molecule has 0 aliphatic carbocycles. The normalized spacial score (nSPS) is 19.4. The van der Waals surface area contributed by atoms with Crippen LogP contribution in [0.2, 0.25) is 5.02 Å². The fraction of sp³-hybridized carbons (Fsp3) is 0.314. The van der Waals surface area contributed by atoms with Gasteiger partial charge in [-0.25, -0.2) is 18.2 Å². The number of benzene rings is 2. The summed E-state index contributed by atoms with van der Waals surface area (Å²) in [7, 11) is 1.95. The van der Waals surface area contributed by atoms with Gasteiger partial charge in [-0.05, 0) is 43.7 Å². The minimum atomic E-state index is -0.865. The van der Waals surface area contributed by atoms with Crippen LogP contribution in [0, 0.1) is 28.4 Å². The van der Waals surface area contributed by atoms with Gasteiger partial charge in [-0.2, -0.15) is 15.2 Å². The van der Waals surface area contributed by atoms with E-state index < -0.39 is 23.1 Å². The largest absolute Gasteiger partial charge is 0.489 e. The lowest BCUT2D eigenvalue weighted by Crippen LogP contribution is -2.44. The fourth-order valence-electron chi connectivity index (χ4n) is 7.01. The van der Waals surface area contributed by atoms with Crippen LogP contribution >= 0.6 is 22.9 Å². The number of aromatic nitrogens is 3. The second-order valence-electron chi connectivity index (χ2n) is 12.8. The zero-order valence-corrected chi connectivity index (χ0v) is 28.9. The molecule has 2 atom stereocenters. The molecule has 0 radical (unpaired) electrons. The highest BCUT2D eigenvalue weighted by molar-refractivity contribution is 7.23. The van der Waals surface area contributed by atoms with Gasteiger partial charge >= 0.3 is 6.01 Å². The molecular formula is C35H32ClF3N8O2S. The average molecular weight is 721 g/mol. The number of nitrogens with zero attached hydrogens (tertiary/aromatic N) is 6. The van der Waals surface area contributed by atoms with Crippen LogP contribution in [0.15, 0.2) is 42.4 Å². The molecule has 1 fully saturated rings. The number of nitrogen functional groups attached to an aromatic ring is 2. The van der Waals surface area contributed by atoms with Crippen LogP contribution in [0.25, 0.3) is 32.1 Å². The highest BCUT2D eigenvalue weighted by Crippen LogP contribution is 2.51. The number of rotatable bonds is 6. The van der Waals surface area contributed by atoms with Crippen molar-refractivity contribution < 1.29 is 22.6 Å². The highest BCUT2D eigenvalue weighted by atomic mass is 35.5. The Labute approximate surface area is 294 Å². The van der Waals surface area contributed by atoms with Crippen molar-refractivity contribution in [3.8, 4) is 29.0 Å². The summed E-state index contributed by atoms with van der Waals surface area (Å²) >= 11 is 7.92. The van der Waals surface area contributed by atoms with E-state index in [-0.39, 0.29) is 85.0 Å². The zero-order valence-electron chi connectivity index (χ0n) is 27.4. The van der Waals surface area contributed by atoms with Gasteiger partial charge in [0.25, 0.3) is 0 Å². The van der Waals surface area contributed by atoms with Crippen LogP contribution < -0.4 is 25.8 Å². The number of halogens is 4. The molecule has 50 heavy (non-hydrogen) atoms. The van der Waals surface area contributed by atoms with E-state index in [0.717, 1.165) is 11.3 Å². The first-order valence-electron chi connectivity index (χ1n) is 15.8. The van der Waals surface area contributed by atoms with Crippen LogP contribution in [0.1, 0.15) is 37.4 Å². The number of nitriles is 1. The van der Waals surface area contributed by atoms with E-state index in [9.17, 15) is 9.65 Å². The summed E-state index contributed by atoms with van der Waals surface area (Å²) < 4.78 is 58.9.